The average Bonchev–Trinajstić information content (AvgIpc) is 3.43. The summed E-state index contributed by atoms with van der Waals surface area (Å²) in [6.07, 6.45) is -0.944. The summed E-state index contributed by atoms with van der Waals surface area (Å²) in [5.41, 5.74) is 5.55. The molecule has 44 heavy (non-hydrogen) atoms. The van der Waals surface area contributed by atoms with Crippen molar-refractivity contribution in [3.63, 3.8) is 0 Å². The Balaban J connectivity index is 1.90. The summed E-state index contributed by atoms with van der Waals surface area (Å²) in [6, 6.07) is 6.50. The Hall–Kier alpha value is -3.43. The van der Waals surface area contributed by atoms with Gasteiger partial charge in [0.2, 0.25) is 17.6 Å². The van der Waals surface area contributed by atoms with Crippen molar-refractivity contribution in [2.24, 2.45) is 0 Å². The van der Waals surface area contributed by atoms with E-state index < -0.39 is 44.1 Å². The molecule has 0 spiro atoms. The van der Waals surface area contributed by atoms with E-state index in [9.17, 15) is 14.5 Å². The Morgan fingerprint density at radius 1 is 1.18 bits per heavy atom. The molecule has 0 aliphatic carbocycles. The molecule has 0 amide bonds. The van der Waals surface area contributed by atoms with Crippen LogP contribution < -0.4 is 20.1 Å². The van der Waals surface area contributed by atoms with Crippen molar-refractivity contribution in [2.75, 3.05) is 26.1 Å². The number of aliphatic hydroxyl groups excluding tert-OH is 1. The number of anilines is 1. The minimum Gasteiger partial charge on any atom is -0.476 e. The Labute approximate surface area is 253 Å². The highest BCUT2D eigenvalue weighted by Gasteiger charge is 2.54. The summed E-state index contributed by atoms with van der Waals surface area (Å²) in [4.78, 5) is 24.6. The molecule has 0 radical (unpaired) electrons. The number of nitrogens with two attached hydrogens (primary N) is 1. The van der Waals surface area contributed by atoms with Crippen LogP contribution in [-0.4, -0.2) is 75.0 Å². The summed E-state index contributed by atoms with van der Waals surface area (Å²) < 4.78 is 73.8. The summed E-state index contributed by atoms with van der Waals surface area (Å²) in [5.74, 6) is -7.36. The first-order valence-electron chi connectivity index (χ1n) is 14.0. The van der Waals surface area contributed by atoms with Gasteiger partial charge in [0.1, 0.15) is 24.5 Å². The molecule has 0 aliphatic rings. The number of aliphatic hydroxyl groups is 1. The first-order valence-corrected chi connectivity index (χ1v) is 15.5. The van der Waals surface area contributed by atoms with Crippen molar-refractivity contribution < 1.29 is 46.5 Å². The molecule has 244 valence electrons. The van der Waals surface area contributed by atoms with Crippen LogP contribution in [-0.2, 0) is 29.1 Å². The predicted molar refractivity (Wildman–Crippen MR) is 156 cm³/mol. The van der Waals surface area contributed by atoms with Crippen LogP contribution in [0.5, 0.6) is 11.6 Å². The first-order chi connectivity index (χ1) is 20.7. The molecule has 4 N–H and O–H groups in total. The van der Waals surface area contributed by atoms with Gasteiger partial charge in [-0.05, 0) is 45.7 Å². The Morgan fingerprint density at radius 2 is 1.84 bits per heavy atom. The Kier molecular flexibility index (Phi) is 11.6. The molecule has 2 heterocycles. The minimum absolute atomic E-state index is 0.00877. The number of esters is 1. The van der Waals surface area contributed by atoms with Gasteiger partial charge in [-0.1, -0.05) is 32.0 Å². The average molecular weight is 645 g/mol. The second kappa shape index (κ2) is 14.6. The van der Waals surface area contributed by atoms with Crippen LogP contribution in [0.3, 0.4) is 0 Å². The fourth-order valence-electron chi connectivity index (χ4n) is 4.12. The van der Waals surface area contributed by atoms with E-state index in [-0.39, 0.29) is 41.5 Å². The maximum absolute atomic E-state index is 16.4. The van der Waals surface area contributed by atoms with E-state index in [0.29, 0.717) is 12.8 Å². The summed E-state index contributed by atoms with van der Waals surface area (Å²) in [6.45, 7) is 6.45. The molecule has 0 fully saturated rings. The number of benzene rings is 1. The van der Waals surface area contributed by atoms with Crippen molar-refractivity contribution in [1.82, 2.24) is 24.6 Å². The van der Waals surface area contributed by atoms with E-state index in [2.05, 4.69) is 20.0 Å². The number of hydrogen-bond donors (Lipinski definition) is 3. The standard InChI is InChI=1S/C27H39F2N6O8P/c1-7-18(8-2)42-23(36)17(4)34-44(38,43-19-13-11-10-12-14-19)41-15-27(29,39-6)24(37)26(5,28)35-16-31-20-21(35)32-25(30)33-22(20)40-9-3/h10-14,16-18,24,37H,7-9,15H2,1-6H3,(H,34,38)(H2,30,32,33)/t17?,24-,26-,27?,44?/m0/s1. The maximum Gasteiger partial charge on any atom is 0.459 e. The number of ether oxygens (including phenoxy) is 3. The number of aromatic nitrogens is 4. The number of hydrogen-bond acceptors (Lipinski definition) is 12. The van der Waals surface area contributed by atoms with Gasteiger partial charge in [-0.25, -0.2) is 18.3 Å². The lowest BCUT2D eigenvalue weighted by molar-refractivity contribution is -0.253. The van der Waals surface area contributed by atoms with Gasteiger partial charge >= 0.3 is 13.7 Å². The fourth-order valence-corrected chi connectivity index (χ4v) is 5.62. The number of carbonyl (C=O) groups excluding carboxylic acids is 1. The highest BCUT2D eigenvalue weighted by molar-refractivity contribution is 7.52. The zero-order chi connectivity index (χ0) is 32.7. The van der Waals surface area contributed by atoms with Crippen LogP contribution in [0.4, 0.5) is 14.7 Å². The second-order valence-electron chi connectivity index (χ2n) is 9.93. The second-order valence-corrected chi connectivity index (χ2v) is 11.6. The van der Waals surface area contributed by atoms with Crippen molar-refractivity contribution in [3.05, 3.63) is 36.7 Å². The molecule has 3 aromatic rings. The van der Waals surface area contributed by atoms with E-state index in [0.717, 1.165) is 24.9 Å². The number of nitrogens with zero attached hydrogens (tertiary/aromatic N) is 4. The molecule has 0 bridgehead atoms. The van der Waals surface area contributed by atoms with Crippen molar-refractivity contribution >= 4 is 30.8 Å². The van der Waals surface area contributed by atoms with Crippen molar-refractivity contribution in [3.8, 4) is 11.6 Å². The number of nitrogens with one attached hydrogen (secondary N) is 1. The largest absolute Gasteiger partial charge is 0.476 e. The lowest BCUT2D eigenvalue weighted by atomic mass is 10.0. The third-order valence-corrected chi connectivity index (χ3v) is 8.30. The van der Waals surface area contributed by atoms with Crippen LogP contribution in [0, 0.1) is 0 Å². The molecule has 0 aliphatic heterocycles. The molecule has 2 aromatic heterocycles. The van der Waals surface area contributed by atoms with Gasteiger partial charge < -0.3 is 29.6 Å². The van der Waals surface area contributed by atoms with Crippen molar-refractivity contribution in [2.45, 2.75) is 77.4 Å². The quantitative estimate of drug-likeness (QED) is 0.142. The van der Waals surface area contributed by atoms with Crippen molar-refractivity contribution in [1.29, 1.82) is 0 Å². The molecule has 1 aromatic carbocycles. The zero-order valence-electron chi connectivity index (χ0n) is 25.4. The number of methoxy groups -OCH3 is 1. The highest BCUT2D eigenvalue weighted by Crippen LogP contribution is 2.47. The van der Waals surface area contributed by atoms with Gasteiger partial charge in [0, 0.05) is 7.11 Å². The predicted octanol–water partition coefficient (Wildman–Crippen LogP) is 4.04. The Bertz CT molecular complexity index is 1440. The SMILES string of the molecule is CCOc1nc(N)nc2c1ncn2[C@](C)(F)[C@H](O)C(F)(COP(=O)(NC(C)C(=O)OC(CC)CC)Oc1ccccc1)OC. The summed E-state index contributed by atoms with van der Waals surface area (Å²) >= 11 is 0. The number of alkyl halides is 2. The highest BCUT2D eigenvalue weighted by atomic mass is 31.2. The molecular formula is C27H39F2N6O8P. The van der Waals surface area contributed by atoms with E-state index >= 15 is 8.78 Å². The smallest absolute Gasteiger partial charge is 0.459 e. The molecule has 0 saturated heterocycles. The van der Waals surface area contributed by atoms with Gasteiger partial charge in [-0.2, -0.15) is 15.1 Å². The van der Waals surface area contributed by atoms with Gasteiger partial charge in [-0.3, -0.25) is 13.9 Å². The molecular weight excluding hydrogens is 605 g/mol. The number of para-hydroxylation sites is 1. The number of imidazole rings is 1. The van der Waals surface area contributed by atoms with Crippen LogP contribution in [0.1, 0.15) is 47.5 Å². The minimum atomic E-state index is -4.61. The van der Waals surface area contributed by atoms with Gasteiger partial charge in [0.25, 0.3) is 5.85 Å². The van der Waals surface area contributed by atoms with Crippen LogP contribution in [0.2, 0.25) is 0 Å². The van der Waals surface area contributed by atoms with E-state index in [1.165, 1.54) is 19.1 Å². The number of fused-ring (bicyclic) bond motifs is 1. The van der Waals surface area contributed by atoms with E-state index in [4.69, 9.17) is 29.0 Å². The number of rotatable bonds is 17. The third kappa shape index (κ3) is 7.99. The first kappa shape index (κ1) is 35.1. The van der Waals surface area contributed by atoms with Crippen LogP contribution in [0.25, 0.3) is 11.2 Å². The van der Waals surface area contributed by atoms with Crippen LogP contribution >= 0.6 is 7.75 Å². The topological polar surface area (TPSA) is 182 Å². The molecule has 5 atom stereocenters. The van der Waals surface area contributed by atoms with Gasteiger partial charge in [0.15, 0.2) is 17.3 Å². The normalized spacial score (nSPS) is 17.3. The number of nitrogen functional groups attached to an aromatic ring is 1. The lowest BCUT2D eigenvalue weighted by Crippen LogP contribution is -2.55. The molecule has 0 saturated carbocycles. The maximum atomic E-state index is 16.4. The zero-order valence-corrected chi connectivity index (χ0v) is 26.3. The fraction of sp³-hybridized carbons (Fsp3) is 0.556. The molecule has 3 rings (SSSR count). The van der Waals surface area contributed by atoms with Gasteiger partial charge in [-0.15, -0.1) is 0 Å². The molecule has 17 heteroatoms. The van der Waals surface area contributed by atoms with E-state index in [1.54, 1.807) is 25.1 Å². The van der Waals surface area contributed by atoms with E-state index in [1.807, 2.05) is 13.8 Å². The summed E-state index contributed by atoms with van der Waals surface area (Å²) in [5, 5.41) is 13.5. The number of carbonyl (C=O) groups is 1. The Morgan fingerprint density at radius 3 is 2.43 bits per heavy atom. The molecule has 3 unspecified atom stereocenters. The number of halogens is 2. The van der Waals surface area contributed by atoms with Gasteiger partial charge in [0.05, 0.1) is 12.9 Å². The third-order valence-electron chi connectivity index (χ3n) is 6.68. The lowest BCUT2D eigenvalue weighted by Gasteiger charge is -2.37. The van der Waals surface area contributed by atoms with Crippen LogP contribution in [0.15, 0.2) is 36.7 Å². The summed E-state index contributed by atoms with van der Waals surface area (Å²) in [7, 11) is -3.76. The monoisotopic (exact) mass is 644 g/mol. The molecule has 14 nitrogen and oxygen atoms in total.